The minimum Gasteiger partial charge on any atom is -0.398 e. The van der Waals surface area contributed by atoms with Crippen molar-refractivity contribution in [3.8, 4) is 0 Å². The maximum Gasteiger partial charge on any atom is 0.242 e. The van der Waals surface area contributed by atoms with Gasteiger partial charge in [0.1, 0.15) is 4.90 Å². The third kappa shape index (κ3) is 4.95. The number of nitrogen functional groups attached to an aromatic ring is 1. The summed E-state index contributed by atoms with van der Waals surface area (Å²) in [6.07, 6.45) is 1.01. The van der Waals surface area contributed by atoms with E-state index >= 15 is 0 Å². The molecule has 0 heterocycles. The van der Waals surface area contributed by atoms with Crippen LogP contribution in [0.15, 0.2) is 28.0 Å². The number of benzene rings is 1. The van der Waals surface area contributed by atoms with Crippen LogP contribution in [0.1, 0.15) is 6.92 Å². The van der Waals surface area contributed by atoms with Gasteiger partial charge < -0.3 is 10.6 Å². The summed E-state index contributed by atoms with van der Waals surface area (Å²) in [4.78, 5) is 1.53. The molecule has 0 saturated carbocycles. The van der Waals surface area contributed by atoms with Gasteiger partial charge in [-0.05, 0) is 39.2 Å². The fourth-order valence-corrected chi connectivity index (χ4v) is 4.00. The number of rotatable bonds is 6. The molecule has 1 aromatic carbocycles. The third-order valence-corrected chi connectivity index (χ3v) is 5.45. The highest BCUT2D eigenvalue weighted by Gasteiger charge is 2.22. The zero-order valence-electron chi connectivity index (χ0n) is 12.5. The van der Waals surface area contributed by atoms with Crippen LogP contribution in [0.3, 0.4) is 0 Å². The molecular weight excluding hydrogens is 314 g/mol. The van der Waals surface area contributed by atoms with Crippen LogP contribution < -0.4 is 10.5 Å². The van der Waals surface area contributed by atoms with Crippen molar-refractivity contribution in [2.24, 2.45) is 0 Å². The normalized spacial score (nSPS) is 14.3. The highest BCUT2D eigenvalue weighted by Crippen LogP contribution is 2.22. The molecule has 9 heteroatoms. The summed E-state index contributed by atoms with van der Waals surface area (Å²) in [5, 5.41) is 0. The SMILES string of the molecule is CC(CN(C)C)NS(=O)(=O)c1cc(S(C)(=O)=O)ccc1N. The minimum atomic E-state index is -3.88. The second kappa shape index (κ2) is 6.30. The number of hydrogen-bond donors (Lipinski definition) is 2. The minimum absolute atomic E-state index is 0.00644. The second-order valence-electron chi connectivity index (χ2n) is 5.26. The highest BCUT2D eigenvalue weighted by molar-refractivity contribution is 7.91. The summed E-state index contributed by atoms with van der Waals surface area (Å²) in [6, 6.07) is 3.30. The van der Waals surface area contributed by atoms with Gasteiger partial charge in [-0.2, -0.15) is 0 Å². The van der Waals surface area contributed by atoms with E-state index in [9.17, 15) is 16.8 Å². The second-order valence-corrected chi connectivity index (χ2v) is 8.95. The van der Waals surface area contributed by atoms with Gasteiger partial charge in [0, 0.05) is 18.8 Å². The lowest BCUT2D eigenvalue weighted by atomic mass is 10.3. The van der Waals surface area contributed by atoms with Crippen LogP contribution in [0.5, 0.6) is 0 Å². The first kappa shape index (κ1) is 17.9. The van der Waals surface area contributed by atoms with E-state index < -0.39 is 19.9 Å². The molecule has 0 aliphatic heterocycles. The van der Waals surface area contributed by atoms with E-state index in [0.29, 0.717) is 6.54 Å². The number of nitrogens with two attached hydrogens (primary N) is 1. The Kier molecular flexibility index (Phi) is 5.37. The molecule has 0 bridgehead atoms. The van der Waals surface area contributed by atoms with Gasteiger partial charge in [-0.15, -0.1) is 0 Å². The highest BCUT2D eigenvalue weighted by atomic mass is 32.2. The Hall–Kier alpha value is -1.16. The van der Waals surface area contributed by atoms with Crippen molar-refractivity contribution in [2.75, 3.05) is 32.6 Å². The Morgan fingerprint density at radius 1 is 1.24 bits per heavy atom. The largest absolute Gasteiger partial charge is 0.398 e. The quantitative estimate of drug-likeness (QED) is 0.703. The van der Waals surface area contributed by atoms with Crippen molar-refractivity contribution in [3.63, 3.8) is 0 Å². The lowest BCUT2D eigenvalue weighted by molar-refractivity contribution is 0.370. The van der Waals surface area contributed by atoms with Crippen molar-refractivity contribution in [3.05, 3.63) is 18.2 Å². The lowest BCUT2D eigenvalue weighted by Gasteiger charge is -2.19. The van der Waals surface area contributed by atoms with Crippen LogP contribution >= 0.6 is 0 Å². The zero-order valence-corrected chi connectivity index (χ0v) is 14.1. The Labute approximate surface area is 126 Å². The van der Waals surface area contributed by atoms with Gasteiger partial charge in [0.05, 0.1) is 10.6 Å². The summed E-state index contributed by atoms with van der Waals surface area (Å²) < 4.78 is 50.2. The van der Waals surface area contributed by atoms with Crippen LogP contribution in [0.2, 0.25) is 0 Å². The fourth-order valence-electron chi connectivity index (χ4n) is 1.89. The molecule has 0 radical (unpaired) electrons. The van der Waals surface area contributed by atoms with Gasteiger partial charge in [-0.3, -0.25) is 0 Å². The molecule has 120 valence electrons. The number of nitrogens with one attached hydrogen (secondary N) is 1. The van der Waals surface area contributed by atoms with Crippen molar-refractivity contribution in [1.29, 1.82) is 0 Å². The molecule has 0 saturated heterocycles. The van der Waals surface area contributed by atoms with Crippen LogP contribution in [-0.4, -0.2) is 54.7 Å². The van der Waals surface area contributed by atoms with E-state index in [2.05, 4.69) is 4.72 Å². The molecule has 3 N–H and O–H groups in total. The standard InChI is InChI=1S/C12H21N3O4S2/c1-9(8-15(2)3)14-21(18,19)12-7-10(20(4,16)17)5-6-11(12)13/h5-7,9,14H,8,13H2,1-4H3. The number of nitrogens with zero attached hydrogens (tertiary/aromatic N) is 1. The summed E-state index contributed by atoms with van der Waals surface area (Å²) in [7, 11) is -3.74. The Morgan fingerprint density at radius 2 is 1.81 bits per heavy atom. The molecule has 1 rings (SSSR count). The van der Waals surface area contributed by atoms with Crippen LogP contribution in [0.25, 0.3) is 0 Å². The van der Waals surface area contributed by atoms with E-state index in [-0.39, 0.29) is 21.5 Å². The van der Waals surface area contributed by atoms with E-state index in [0.717, 1.165) is 12.3 Å². The maximum absolute atomic E-state index is 12.3. The monoisotopic (exact) mass is 335 g/mol. The molecule has 0 amide bonds. The van der Waals surface area contributed by atoms with Gasteiger partial charge in [0.2, 0.25) is 10.0 Å². The molecule has 0 fully saturated rings. The van der Waals surface area contributed by atoms with E-state index in [1.165, 1.54) is 12.1 Å². The number of sulfonamides is 1. The third-order valence-electron chi connectivity index (χ3n) is 2.70. The molecule has 1 atom stereocenters. The van der Waals surface area contributed by atoms with E-state index in [4.69, 9.17) is 5.73 Å². The summed E-state index contributed by atoms with van der Waals surface area (Å²) in [5.41, 5.74) is 5.68. The van der Waals surface area contributed by atoms with Gasteiger partial charge in [0.25, 0.3) is 0 Å². The molecule has 1 unspecified atom stereocenters. The van der Waals surface area contributed by atoms with Crippen molar-refractivity contribution in [1.82, 2.24) is 9.62 Å². The molecule has 0 spiro atoms. The molecule has 0 aromatic heterocycles. The zero-order chi connectivity index (χ0) is 16.4. The van der Waals surface area contributed by atoms with Gasteiger partial charge >= 0.3 is 0 Å². The smallest absolute Gasteiger partial charge is 0.242 e. The number of sulfone groups is 1. The van der Waals surface area contributed by atoms with Crippen LogP contribution in [0.4, 0.5) is 5.69 Å². The number of hydrogen-bond acceptors (Lipinski definition) is 6. The van der Waals surface area contributed by atoms with Crippen molar-refractivity contribution < 1.29 is 16.8 Å². The van der Waals surface area contributed by atoms with Gasteiger partial charge in [0.15, 0.2) is 9.84 Å². The Balaban J connectivity index is 3.19. The number of likely N-dealkylation sites (N-methyl/N-ethyl adjacent to an activating group) is 1. The Bertz CT molecular complexity index is 712. The molecule has 1 aromatic rings. The van der Waals surface area contributed by atoms with Crippen molar-refractivity contribution >= 4 is 25.5 Å². The van der Waals surface area contributed by atoms with E-state index in [1.54, 1.807) is 6.92 Å². The molecule has 21 heavy (non-hydrogen) atoms. The molecule has 7 nitrogen and oxygen atoms in total. The summed E-state index contributed by atoms with van der Waals surface area (Å²) in [6.45, 7) is 2.22. The average Bonchev–Trinajstić information content (AvgIpc) is 2.25. The summed E-state index contributed by atoms with van der Waals surface area (Å²) >= 11 is 0. The van der Waals surface area contributed by atoms with Gasteiger partial charge in [-0.1, -0.05) is 0 Å². The first-order chi connectivity index (χ1) is 9.43. The van der Waals surface area contributed by atoms with Crippen LogP contribution in [0, 0.1) is 0 Å². The van der Waals surface area contributed by atoms with Crippen molar-refractivity contribution in [2.45, 2.75) is 22.8 Å². The average molecular weight is 335 g/mol. The Morgan fingerprint density at radius 3 is 2.29 bits per heavy atom. The van der Waals surface area contributed by atoms with E-state index in [1.807, 2.05) is 19.0 Å². The maximum atomic E-state index is 12.3. The first-order valence-corrected chi connectivity index (χ1v) is 9.57. The molecular formula is C12H21N3O4S2. The molecule has 0 aliphatic rings. The topological polar surface area (TPSA) is 110 Å². The van der Waals surface area contributed by atoms with Crippen LogP contribution in [-0.2, 0) is 19.9 Å². The first-order valence-electron chi connectivity index (χ1n) is 6.20. The summed E-state index contributed by atoms with van der Waals surface area (Å²) in [5.74, 6) is 0. The molecule has 0 aliphatic carbocycles. The fraction of sp³-hybridized carbons (Fsp3) is 0.500. The number of anilines is 1. The van der Waals surface area contributed by atoms with Gasteiger partial charge in [-0.25, -0.2) is 21.6 Å². The lowest BCUT2D eigenvalue weighted by Crippen LogP contribution is -2.39. The predicted octanol–water partition coefficient (Wildman–Crippen LogP) is -0.0993. The predicted molar refractivity (Wildman–Crippen MR) is 82.3 cm³/mol.